The zero-order valence-corrected chi connectivity index (χ0v) is 18.0. The third-order valence-corrected chi connectivity index (χ3v) is 5.71. The number of unbranched alkanes of at least 4 members (excludes halogenated alkanes) is 10. The zero-order valence-electron chi connectivity index (χ0n) is 18.0. The Morgan fingerprint density at radius 3 is 1.81 bits per heavy atom. The lowest BCUT2D eigenvalue weighted by Gasteiger charge is -2.32. The van der Waals surface area contributed by atoms with Crippen molar-refractivity contribution in [2.45, 2.75) is 84.0 Å². The Hall–Kier alpha value is -0.610. The van der Waals surface area contributed by atoms with Crippen LogP contribution in [0.2, 0.25) is 0 Å². The van der Waals surface area contributed by atoms with Crippen LogP contribution in [-0.4, -0.2) is 74.0 Å². The van der Waals surface area contributed by atoms with Gasteiger partial charge in [0.2, 0.25) is 5.91 Å². The minimum atomic E-state index is 0.337. The van der Waals surface area contributed by atoms with Crippen molar-refractivity contribution < 1.29 is 4.79 Å². The molecule has 1 fully saturated rings. The summed E-state index contributed by atoms with van der Waals surface area (Å²) in [4.78, 5) is 18.9. The van der Waals surface area contributed by atoms with E-state index in [1.165, 1.54) is 70.6 Å². The standard InChI is InChI=1S/C22H45N3O/c1-4-5-6-7-8-9-10-11-12-13-14-16-23(2)17-15-22(26)25-20-18-24(3)19-21-25/h4-21H2,1-3H3. The van der Waals surface area contributed by atoms with E-state index in [-0.39, 0.29) is 0 Å². The average molecular weight is 368 g/mol. The number of carbonyl (C=O) groups is 1. The first-order valence-electron chi connectivity index (χ1n) is 11.3. The van der Waals surface area contributed by atoms with Crippen LogP contribution in [0.3, 0.4) is 0 Å². The van der Waals surface area contributed by atoms with E-state index in [0.29, 0.717) is 12.3 Å². The van der Waals surface area contributed by atoms with Crippen LogP contribution >= 0.6 is 0 Å². The zero-order chi connectivity index (χ0) is 19.0. The lowest BCUT2D eigenvalue weighted by molar-refractivity contribution is -0.133. The number of hydrogen-bond acceptors (Lipinski definition) is 3. The van der Waals surface area contributed by atoms with Gasteiger partial charge in [-0.25, -0.2) is 0 Å². The summed E-state index contributed by atoms with van der Waals surface area (Å²) in [7, 11) is 4.29. The van der Waals surface area contributed by atoms with Crippen LogP contribution in [0.1, 0.15) is 84.0 Å². The van der Waals surface area contributed by atoms with Gasteiger partial charge in [-0.05, 0) is 27.1 Å². The maximum Gasteiger partial charge on any atom is 0.223 e. The van der Waals surface area contributed by atoms with Crippen molar-refractivity contribution >= 4 is 5.91 Å². The van der Waals surface area contributed by atoms with Crippen molar-refractivity contribution in [3.8, 4) is 0 Å². The minimum absolute atomic E-state index is 0.337. The second-order valence-corrected chi connectivity index (χ2v) is 8.27. The minimum Gasteiger partial charge on any atom is -0.340 e. The van der Waals surface area contributed by atoms with Gasteiger partial charge in [0.15, 0.2) is 0 Å². The van der Waals surface area contributed by atoms with E-state index in [9.17, 15) is 4.79 Å². The molecule has 0 aromatic heterocycles. The van der Waals surface area contributed by atoms with Crippen LogP contribution in [0.15, 0.2) is 0 Å². The fourth-order valence-electron chi connectivity index (χ4n) is 3.66. The summed E-state index contributed by atoms with van der Waals surface area (Å²) in [6.45, 7) is 8.15. The first-order valence-corrected chi connectivity index (χ1v) is 11.3. The fourth-order valence-corrected chi connectivity index (χ4v) is 3.66. The molecule has 0 bridgehead atoms. The van der Waals surface area contributed by atoms with Gasteiger partial charge in [-0.3, -0.25) is 4.79 Å². The van der Waals surface area contributed by atoms with Crippen LogP contribution < -0.4 is 0 Å². The summed E-state index contributed by atoms with van der Waals surface area (Å²) in [6.07, 6.45) is 16.0. The van der Waals surface area contributed by atoms with Gasteiger partial charge in [0.1, 0.15) is 0 Å². The summed E-state index contributed by atoms with van der Waals surface area (Å²) in [5.74, 6) is 0.337. The van der Waals surface area contributed by atoms with Gasteiger partial charge >= 0.3 is 0 Å². The molecule has 0 aliphatic carbocycles. The van der Waals surface area contributed by atoms with Gasteiger partial charge in [-0.2, -0.15) is 0 Å². The molecule has 1 aliphatic rings. The summed E-state index contributed by atoms with van der Waals surface area (Å²) >= 11 is 0. The third-order valence-electron chi connectivity index (χ3n) is 5.71. The molecule has 1 saturated heterocycles. The van der Waals surface area contributed by atoms with Crippen molar-refractivity contribution in [1.82, 2.24) is 14.7 Å². The molecule has 154 valence electrons. The quantitative estimate of drug-likeness (QED) is 0.402. The maximum absolute atomic E-state index is 12.2. The van der Waals surface area contributed by atoms with Crippen molar-refractivity contribution in [3.63, 3.8) is 0 Å². The van der Waals surface area contributed by atoms with E-state index in [1.807, 2.05) is 4.90 Å². The smallest absolute Gasteiger partial charge is 0.223 e. The van der Waals surface area contributed by atoms with Crippen molar-refractivity contribution in [3.05, 3.63) is 0 Å². The molecule has 1 aliphatic heterocycles. The molecule has 0 atom stereocenters. The van der Waals surface area contributed by atoms with E-state index in [1.54, 1.807) is 0 Å². The molecule has 0 aromatic carbocycles. The highest BCUT2D eigenvalue weighted by Gasteiger charge is 2.18. The van der Waals surface area contributed by atoms with Crippen molar-refractivity contribution in [1.29, 1.82) is 0 Å². The molecule has 0 aromatic rings. The summed E-state index contributed by atoms with van der Waals surface area (Å²) < 4.78 is 0. The molecule has 0 radical (unpaired) electrons. The van der Waals surface area contributed by atoms with E-state index in [0.717, 1.165) is 39.3 Å². The van der Waals surface area contributed by atoms with E-state index < -0.39 is 0 Å². The monoisotopic (exact) mass is 367 g/mol. The SMILES string of the molecule is CCCCCCCCCCCCCN(C)CCC(=O)N1CCN(C)CC1. The number of amides is 1. The first kappa shape index (κ1) is 23.4. The summed E-state index contributed by atoms with van der Waals surface area (Å²) in [6, 6.07) is 0. The molecule has 4 heteroatoms. The molecule has 1 heterocycles. The molecule has 1 rings (SSSR count). The Balaban J connectivity index is 1.88. The Labute approximate surface area is 163 Å². The first-order chi connectivity index (χ1) is 12.6. The molecule has 1 amide bonds. The molecule has 4 nitrogen and oxygen atoms in total. The third kappa shape index (κ3) is 11.9. The number of piperazine rings is 1. The van der Waals surface area contributed by atoms with Gasteiger partial charge in [0.25, 0.3) is 0 Å². The van der Waals surface area contributed by atoms with Crippen molar-refractivity contribution in [2.24, 2.45) is 0 Å². The second kappa shape index (κ2) is 15.4. The van der Waals surface area contributed by atoms with Crippen LogP contribution in [0.25, 0.3) is 0 Å². The topological polar surface area (TPSA) is 26.8 Å². The molecule has 0 unspecified atom stereocenters. The molecule has 0 spiro atoms. The largest absolute Gasteiger partial charge is 0.340 e. The average Bonchev–Trinajstić information content (AvgIpc) is 2.64. The van der Waals surface area contributed by atoms with Crippen LogP contribution in [0.5, 0.6) is 0 Å². The number of rotatable bonds is 15. The number of likely N-dealkylation sites (N-methyl/N-ethyl adjacent to an activating group) is 1. The normalized spacial score (nSPS) is 15.8. The highest BCUT2D eigenvalue weighted by Crippen LogP contribution is 2.11. The highest BCUT2D eigenvalue weighted by molar-refractivity contribution is 5.76. The van der Waals surface area contributed by atoms with E-state index >= 15 is 0 Å². The molecular weight excluding hydrogens is 322 g/mol. The molecule has 0 N–H and O–H groups in total. The van der Waals surface area contributed by atoms with Gasteiger partial charge in [0.05, 0.1) is 0 Å². The number of hydrogen-bond donors (Lipinski definition) is 0. The fraction of sp³-hybridized carbons (Fsp3) is 0.955. The summed E-state index contributed by atoms with van der Waals surface area (Å²) in [5, 5.41) is 0. The van der Waals surface area contributed by atoms with Gasteiger partial charge in [0, 0.05) is 39.1 Å². The predicted molar refractivity (Wildman–Crippen MR) is 113 cm³/mol. The van der Waals surface area contributed by atoms with Gasteiger partial charge in [-0.15, -0.1) is 0 Å². The number of carbonyl (C=O) groups excluding carboxylic acids is 1. The molecular formula is C22H45N3O. The Kier molecular flexibility index (Phi) is 13.9. The maximum atomic E-state index is 12.2. The summed E-state index contributed by atoms with van der Waals surface area (Å²) in [5.41, 5.74) is 0. The predicted octanol–water partition coefficient (Wildman–Crippen LogP) is 4.39. The van der Waals surface area contributed by atoms with Crippen LogP contribution in [0, 0.1) is 0 Å². The van der Waals surface area contributed by atoms with Gasteiger partial charge < -0.3 is 14.7 Å². The van der Waals surface area contributed by atoms with Crippen LogP contribution in [-0.2, 0) is 4.79 Å². The van der Waals surface area contributed by atoms with Crippen molar-refractivity contribution in [2.75, 3.05) is 53.4 Å². The van der Waals surface area contributed by atoms with E-state index in [2.05, 4.69) is 30.8 Å². The lowest BCUT2D eigenvalue weighted by atomic mass is 10.1. The number of nitrogens with zero attached hydrogens (tertiary/aromatic N) is 3. The second-order valence-electron chi connectivity index (χ2n) is 8.27. The Morgan fingerprint density at radius 2 is 1.27 bits per heavy atom. The molecule has 0 saturated carbocycles. The van der Waals surface area contributed by atoms with Gasteiger partial charge in [-0.1, -0.05) is 71.1 Å². The highest BCUT2D eigenvalue weighted by atomic mass is 16.2. The Morgan fingerprint density at radius 1 is 0.769 bits per heavy atom. The lowest BCUT2D eigenvalue weighted by Crippen LogP contribution is -2.47. The van der Waals surface area contributed by atoms with Crippen LogP contribution in [0.4, 0.5) is 0 Å². The molecule has 26 heavy (non-hydrogen) atoms. The Bertz CT molecular complexity index is 340. The van der Waals surface area contributed by atoms with E-state index in [4.69, 9.17) is 0 Å².